The van der Waals surface area contributed by atoms with Crippen LogP contribution in [-0.2, 0) is 31.9 Å². The monoisotopic (exact) mass is 996 g/mol. The number of nitrogens with zero attached hydrogens (tertiary/aromatic N) is 4. The van der Waals surface area contributed by atoms with Gasteiger partial charge in [0.05, 0.1) is 14.2 Å². The van der Waals surface area contributed by atoms with Crippen LogP contribution in [0.25, 0.3) is 44.4 Å². The van der Waals surface area contributed by atoms with Crippen molar-refractivity contribution in [3.63, 3.8) is 0 Å². The van der Waals surface area contributed by atoms with E-state index >= 15 is 0 Å². The van der Waals surface area contributed by atoms with E-state index in [-0.39, 0.29) is 75.9 Å². The number of hydrogen-bond donors (Lipinski definition) is 2. The van der Waals surface area contributed by atoms with Crippen molar-refractivity contribution in [3.05, 3.63) is 138 Å². The van der Waals surface area contributed by atoms with Gasteiger partial charge in [0.25, 0.3) is 0 Å². The van der Waals surface area contributed by atoms with Gasteiger partial charge in [-0.25, -0.2) is 0 Å². The van der Waals surface area contributed by atoms with Gasteiger partial charge in [0.1, 0.15) is 0 Å². The van der Waals surface area contributed by atoms with Gasteiger partial charge in [0, 0.05) is 0 Å². The third-order valence-electron chi connectivity index (χ3n) is 11.8. The second-order valence-electron chi connectivity index (χ2n) is 15.5. The van der Waals surface area contributed by atoms with Crippen LogP contribution in [0.1, 0.15) is 84.6 Å². The predicted octanol–water partition coefficient (Wildman–Crippen LogP) is 8.50. The Morgan fingerprint density at radius 3 is 1.42 bits per heavy atom. The van der Waals surface area contributed by atoms with Crippen LogP contribution in [0.5, 0.6) is 0 Å². The average molecular weight is 995 g/mol. The number of ether oxygens (including phenoxy) is 2. The summed E-state index contributed by atoms with van der Waals surface area (Å²) in [5.74, 6) is -0.668. The zero-order valence-corrected chi connectivity index (χ0v) is 39.9. The SMILES string of the molecule is COC(=O)CCC1=C(C)c2cc3[nH]c(cc4[nH]c(cc5nc(cc1n2)C(CCC(=O)OC)=C5C)c(CC[Se]c1ccccc1[N+](=O)[O-])c4C)c(CC[Se]c1ccccc1[N+](=O)[O-])c3C. The molecule has 0 amide bonds. The molecule has 64 heavy (non-hydrogen) atoms. The summed E-state index contributed by atoms with van der Waals surface area (Å²) in [5.41, 5.74) is 14.4. The summed E-state index contributed by atoms with van der Waals surface area (Å²) in [6, 6.07) is 22.0. The Balaban J connectivity index is 1.44. The van der Waals surface area contributed by atoms with Gasteiger partial charge in [-0.05, 0) is 0 Å². The van der Waals surface area contributed by atoms with Crippen LogP contribution in [-0.4, -0.2) is 85.9 Å². The first-order chi connectivity index (χ1) is 30.8. The van der Waals surface area contributed by atoms with E-state index in [9.17, 15) is 29.8 Å². The van der Waals surface area contributed by atoms with E-state index < -0.39 is 0 Å². The van der Waals surface area contributed by atoms with E-state index in [0.29, 0.717) is 42.4 Å². The Labute approximate surface area is 382 Å². The number of fused-ring (bicyclic) bond motifs is 8. The van der Waals surface area contributed by atoms with Gasteiger partial charge < -0.3 is 4.74 Å². The molecule has 7 rings (SSSR count). The van der Waals surface area contributed by atoms with Crippen LogP contribution in [0.4, 0.5) is 11.4 Å². The van der Waals surface area contributed by atoms with Gasteiger partial charge >= 0.3 is 361 Å². The number of carbonyl (C=O) groups is 2. The van der Waals surface area contributed by atoms with Crippen LogP contribution >= 0.6 is 0 Å². The minimum absolute atomic E-state index is 0.131. The Hall–Kier alpha value is -6.18. The Bertz CT molecular complexity index is 2930. The molecule has 2 aliphatic rings. The fraction of sp³-hybridized carbons (Fsp3) is 0.292. The molecular formula is C48H48N6O8Se2. The number of nitrogens with one attached hydrogen (secondary N) is 2. The maximum atomic E-state index is 12.5. The number of para-hydroxylation sites is 2. The minimum atomic E-state index is -0.335. The number of rotatable bonds is 16. The van der Waals surface area contributed by atoms with Gasteiger partial charge in [-0.15, -0.1) is 0 Å². The molecule has 3 aromatic heterocycles. The van der Waals surface area contributed by atoms with Gasteiger partial charge in [-0.3, -0.25) is 4.79 Å². The van der Waals surface area contributed by atoms with Crippen LogP contribution in [0.2, 0.25) is 10.6 Å². The summed E-state index contributed by atoms with van der Waals surface area (Å²) in [7, 11) is 2.75. The number of hydrogen-bond acceptors (Lipinski definition) is 10. The first-order valence-electron chi connectivity index (χ1n) is 20.8. The number of allylic oxidation sites excluding steroid dienone is 4. The molecule has 0 atom stereocenters. The molecule has 16 heteroatoms. The summed E-state index contributed by atoms with van der Waals surface area (Å²) < 4.78 is 11.5. The average Bonchev–Trinajstić information content (AvgIpc) is 3.94. The Kier molecular flexibility index (Phi) is 14.4. The van der Waals surface area contributed by atoms with Crippen molar-refractivity contribution in [2.24, 2.45) is 0 Å². The molecule has 0 fully saturated rings. The number of aromatic nitrogens is 4. The first kappa shape index (κ1) is 45.8. The summed E-state index contributed by atoms with van der Waals surface area (Å²) >= 11 is -0.348. The number of nitro benzene ring substituents is 2. The van der Waals surface area contributed by atoms with E-state index in [0.717, 1.165) is 92.2 Å². The van der Waals surface area contributed by atoms with Crippen molar-refractivity contribution in [1.29, 1.82) is 0 Å². The molecule has 2 aromatic carbocycles. The second kappa shape index (κ2) is 20.1. The van der Waals surface area contributed by atoms with Crippen molar-refractivity contribution in [2.75, 3.05) is 14.2 Å². The molecule has 0 saturated carbocycles. The van der Waals surface area contributed by atoms with Gasteiger partial charge in [-0.1, -0.05) is 0 Å². The first-order valence-corrected chi connectivity index (χ1v) is 24.9. The fourth-order valence-electron chi connectivity index (χ4n) is 8.14. The van der Waals surface area contributed by atoms with Crippen molar-refractivity contribution in [3.8, 4) is 0 Å². The maximum absolute atomic E-state index is 12.5. The van der Waals surface area contributed by atoms with E-state index in [2.05, 4.69) is 29.9 Å². The van der Waals surface area contributed by atoms with Crippen molar-refractivity contribution in [2.45, 2.75) is 76.9 Å². The second-order valence-corrected chi connectivity index (χ2v) is 20.2. The summed E-state index contributed by atoms with van der Waals surface area (Å²) in [5, 5.41) is 25.2. The number of aryl methyl sites for hydroxylation is 4. The molecule has 8 bridgehead atoms. The Morgan fingerprint density at radius 1 is 0.578 bits per heavy atom. The quantitative estimate of drug-likeness (QED) is 0.0419. The van der Waals surface area contributed by atoms with E-state index in [1.54, 1.807) is 24.3 Å². The third kappa shape index (κ3) is 9.95. The van der Waals surface area contributed by atoms with Gasteiger partial charge in [0.15, 0.2) is 0 Å². The molecule has 0 saturated heterocycles. The van der Waals surface area contributed by atoms with Crippen LogP contribution in [0.15, 0.2) is 72.8 Å². The van der Waals surface area contributed by atoms with Crippen molar-refractivity contribution in [1.82, 2.24) is 19.9 Å². The molecule has 330 valence electrons. The predicted molar refractivity (Wildman–Crippen MR) is 252 cm³/mol. The molecule has 0 spiro atoms. The molecule has 14 nitrogen and oxygen atoms in total. The summed E-state index contributed by atoms with van der Waals surface area (Å²) in [4.78, 5) is 65.8. The summed E-state index contributed by atoms with van der Waals surface area (Å²) in [6.07, 6.45) is 2.42. The van der Waals surface area contributed by atoms with Gasteiger partial charge in [-0.2, -0.15) is 0 Å². The number of H-pyrrole nitrogens is 2. The van der Waals surface area contributed by atoms with E-state index in [1.165, 1.54) is 14.2 Å². The zero-order valence-electron chi connectivity index (χ0n) is 36.5. The number of carbonyl (C=O) groups excluding carboxylic acids is 2. The van der Waals surface area contributed by atoms with Crippen LogP contribution in [0.3, 0.4) is 0 Å². The molecule has 2 N–H and O–H groups in total. The van der Waals surface area contributed by atoms with Crippen molar-refractivity contribution >= 4 is 107 Å². The topological polar surface area (TPSA) is 196 Å². The molecule has 0 unspecified atom stereocenters. The van der Waals surface area contributed by atoms with E-state index in [1.807, 2.05) is 56.3 Å². The molecule has 5 heterocycles. The molecule has 0 aliphatic carbocycles. The number of benzene rings is 2. The number of nitro groups is 2. The van der Waals surface area contributed by atoms with Gasteiger partial charge in [0.2, 0.25) is 0 Å². The van der Waals surface area contributed by atoms with E-state index in [4.69, 9.17) is 19.4 Å². The zero-order chi connectivity index (χ0) is 45.7. The van der Waals surface area contributed by atoms with Crippen LogP contribution < -0.4 is 8.92 Å². The Morgan fingerprint density at radius 2 is 0.984 bits per heavy atom. The normalized spacial score (nSPS) is 12.5. The molecule has 5 aromatic rings. The number of methoxy groups -OCH3 is 2. The van der Waals surface area contributed by atoms with Crippen molar-refractivity contribution < 1.29 is 28.9 Å². The standard InChI is InChI=1S/C48H48N6O8Se2/c1-27-31(15-17-47(55)61-5)41-26-42-32(16-18-48(56)62-6)28(2)37(52-42)24-40-34(20-22-64-46-14-10-8-12-44(46)54(59)60)30(4)38(51-40)25-39-33(29(3)36(49-39)23-35(27)50-41)19-21-63-45-13-9-7-11-43(45)53(57)58/h7-14,23-26,49,51H,15-22H2,1-6H3. The number of esters is 2. The molecule has 2 aliphatic heterocycles. The molecular weight excluding hydrogens is 946 g/mol. The number of aromatic amines is 2. The fourth-order valence-corrected chi connectivity index (χ4v) is 12.3. The third-order valence-corrected chi connectivity index (χ3v) is 16.2. The summed E-state index contributed by atoms with van der Waals surface area (Å²) in [6.45, 7) is 8.16. The molecule has 0 radical (unpaired) electrons. The van der Waals surface area contributed by atoms with Crippen LogP contribution in [0, 0.1) is 34.1 Å².